The summed E-state index contributed by atoms with van der Waals surface area (Å²) in [5, 5.41) is 0. The topological polar surface area (TPSA) is 9.23 Å². The van der Waals surface area contributed by atoms with E-state index >= 15 is 0 Å². The van der Waals surface area contributed by atoms with Crippen LogP contribution in [0.25, 0.3) is 0 Å². The number of hydrogen-bond acceptors (Lipinski definition) is 1. The normalized spacial score (nSPS) is 13.3. The first kappa shape index (κ1) is 13.6. The van der Waals surface area contributed by atoms with Gasteiger partial charge in [0.1, 0.15) is 11.4 Å². The molecule has 0 aliphatic heterocycles. The molecule has 2 heteroatoms. The molecule has 16 heavy (non-hydrogen) atoms. The van der Waals surface area contributed by atoms with Gasteiger partial charge in [0, 0.05) is 3.57 Å². The van der Waals surface area contributed by atoms with E-state index in [4.69, 9.17) is 4.74 Å². The van der Waals surface area contributed by atoms with Gasteiger partial charge in [0.25, 0.3) is 0 Å². The van der Waals surface area contributed by atoms with Crippen LogP contribution in [0.2, 0.25) is 0 Å². The molecule has 0 N–H and O–H groups in total. The summed E-state index contributed by atoms with van der Waals surface area (Å²) in [7, 11) is 0. The van der Waals surface area contributed by atoms with E-state index in [9.17, 15) is 0 Å². The zero-order chi connectivity index (χ0) is 12.3. The number of benzene rings is 1. The summed E-state index contributed by atoms with van der Waals surface area (Å²) in [5.41, 5.74) is 1.10. The van der Waals surface area contributed by atoms with E-state index in [1.54, 1.807) is 0 Å². The number of rotatable bonds is 3. The van der Waals surface area contributed by atoms with Gasteiger partial charge in [-0.3, -0.25) is 0 Å². The second kappa shape index (κ2) is 5.21. The zero-order valence-electron chi connectivity index (χ0n) is 10.4. The van der Waals surface area contributed by atoms with Gasteiger partial charge < -0.3 is 4.74 Å². The lowest BCUT2D eigenvalue weighted by molar-refractivity contribution is 0.130. The largest absolute Gasteiger partial charge is 0.488 e. The Morgan fingerprint density at radius 2 is 1.94 bits per heavy atom. The van der Waals surface area contributed by atoms with Crippen molar-refractivity contribution in [1.82, 2.24) is 0 Å². The van der Waals surface area contributed by atoms with Crippen LogP contribution < -0.4 is 4.74 Å². The summed E-state index contributed by atoms with van der Waals surface area (Å²) in [6, 6.07) is 6.33. The summed E-state index contributed by atoms with van der Waals surface area (Å²) in [6.07, 6.45) is 1.95. The molecule has 1 aromatic rings. The standard InChI is InChI=1S/C14H19IO/c1-6-10(2)11-7-12(15)9-13(8-11)16-14(3,4)5/h6-10H,1H2,2-5H3. The van der Waals surface area contributed by atoms with Crippen molar-refractivity contribution in [3.63, 3.8) is 0 Å². The predicted molar refractivity (Wildman–Crippen MR) is 78.2 cm³/mol. The predicted octanol–water partition coefficient (Wildman–Crippen LogP) is 4.76. The van der Waals surface area contributed by atoms with Crippen LogP contribution in [0.1, 0.15) is 39.2 Å². The van der Waals surface area contributed by atoms with Crippen LogP contribution >= 0.6 is 22.6 Å². The quantitative estimate of drug-likeness (QED) is 0.574. The number of hydrogen-bond donors (Lipinski definition) is 0. The molecule has 1 aromatic carbocycles. The van der Waals surface area contributed by atoms with Crippen LogP contribution in [0, 0.1) is 3.57 Å². The number of halogens is 1. The average Bonchev–Trinajstić information content (AvgIpc) is 2.12. The van der Waals surface area contributed by atoms with Crippen molar-refractivity contribution in [1.29, 1.82) is 0 Å². The second-order valence-electron chi connectivity index (χ2n) is 4.96. The third-order valence-electron chi connectivity index (χ3n) is 2.20. The average molecular weight is 330 g/mol. The van der Waals surface area contributed by atoms with Crippen LogP contribution in [0.3, 0.4) is 0 Å². The van der Waals surface area contributed by atoms with E-state index in [-0.39, 0.29) is 5.60 Å². The van der Waals surface area contributed by atoms with E-state index in [0.717, 1.165) is 5.75 Å². The van der Waals surface area contributed by atoms with Crippen LogP contribution in [-0.4, -0.2) is 5.60 Å². The van der Waals surface area contributed by atoms with E-state index in [2.05, 4.69) is 75.1 Å². The first-order valence-electron chi connectivity index (χ1n) is 5.44. The molecule has 0 spiro atoms. The van der Waals surface area contributed by atoms with Gasteiger partial charge in [-0.2, -0.15) is 0 Å². The Labute approximate surface area is 112 Å². The minimum absolute atomic E-state index is 0.154. The third kappa shape index (κ3) is 4.16. The number of ether oxygens (including phenoxy) is 1. The van der Waals surface area contributed by atoms with E-state index < -0.39 is 0 Å². The Hall–Kier alpha value is -0.510. The Balaban J connectivity index is 3.03. The lowest BCUT2D eigenvalue weighted by Gasteiger charge is -2.22. The maximum atomic E-state index is 5.88. The molecular formula is C14H19IO. The van der Waals surface area contributed by atoms with Crippen molar-refractivity contribution in [2.24, 2.45) is 0 Å². The summed E-state index contributed by atoms with van der Waals surface area (Å²) in [5.74, 6) is 1.29. The number of allylic oxidation sites excluding steroid dienone is 1. The van der Waals surface area contributed by atoms with Gasteiger partial charge in [-0.15, -0.1) is 6.58 Å². The molecule has 0 aliphatic rings. The summed E-state index contributed by atoms with van der Waals surface area (Å²) < 4.78 is 7.08. The van der Waals surface area contributed by atoms with Gasteiger partial charge >= 0.3 is 0 Å². The summed E-state index contributed by atoms with van der Waals surface area (Å²) in [4.78, 5) is 0. The highest BCUT2D eigenvalue weighted by atomic mass is 127. The summed E-state index contributed by atoms with van der Waals surface area (Å²) >= 11 is 2.32. The Bertz CT molecular complexity index is 377. The minimum Gasteiger partial charge on any atom is -0.488 e. The monoisotopic (exact) mass is 330 g/mol. The van der Waals surface area contributed by atoms with Crippen molar-refractivity contribution in [3.8, 4) is 5.75 Å². The fourth-order valence-corrected chi connectivity index (χ4v) is 2.06. The molecule has 1 rings (SSSR count). The molecule has 0 bridgehead atoms. The fraction of sp³-hybridized carbons (Fsp3) is 0.429. The molecule has 0 aromatic heterocycles. The van der Waals surface area contributed by atoms with E-state index in [1.807, 2.05) is 6.08 Å². The molecule has 0 aliphatic carbocycles. The Kier molecular flexibility index (Phi) is 4.42. The SMILES string of the molecule is C=CC(C)c1cc(I)cc(OC(C)(C)C)c1. The van der Waals surface area contributed by atoms with Gasteiger partial charge in [-0.1, -0.05) is 13.0 Å². The second-order valence-corrected chi connectivity index (χ2v) is 6.20. The molecule has 88 valence electrons. The molecule has 0 saturated carbocycles. The molecule has 0 amide bonds. The molecule has 1 nitrogen and oxygen atoms in total. The first-order chi connectivity index (χ1) is 7.31. The Morgan fingerprint density at radius 3 is 2.44 bits per heavy atom. The zero-order valence-corrected chi connectivity index (χ0v) is 12.5. The van der Waals surface area contributed by atoms with Gasteiger partial charge in [-0.05, 0) is 73.0 Å². The maximum absolute atomic E-state index is 5.88. The van der Waals surface area contributed by atoms with Crippen LogP contribution in [0.4, 0.5) is 0 Å². The molecule has 0 saturated heterocycles. The van der Waals surface area contributed by atoms with Gasteiger partial charge in [0.15, 0.2) is 0 Å². The van der Waals surface area contributed by atoms with Crippen molar-refractivity contribution >= 4 is 22.6 Å². The molecule has 0 heterocycles. The minimum atomic E-state index is -0.154. The highest BCUT2D eigenvalue weighted by Crippen LogP contribution is 2.27. The lowest BCUT2D eigenvalue weighted by Crippen LogP contribution is -2.23. The highest BCUT2D eigenvalue weighted by molar-refractivity contribution is 14.1. The Morgan fingerprint density at radius 1 is 1.31 bits per heavy atom. The van der Waals surface area contributed by atoms with Gasteiger partial charge in [0.2, 0.25) is 0 Å². The van der Waals surface area contributed by atoms with Crippen molar-refractivity contribution < 1.29 is 4.74 Å². The summed E-state index contributed by atoms with van der Waals surface area (Å²) in [6.45, 7) is 12.1. The molecule has 1 unspecified atom stereocenters. The fourth-order valence-electron chi connectivity index (χ4n) is 1.40. The highest BCUT2D eigenvalue weighted by Gasteiger charge is 2.13. The maximum Gasteiger partial charge on any atom is 0.121 e. The first-order valence-corrected chi connectivity index (χ1v) is 6.52. The van der Waals surface area contributed by atoms with Crippen molar-refractivity contribution in [3.05, 3.63) is 40.0 Å². The van der Waals surface area contributed by atoms with Crippen LogP contribution in [0.5, 0.6) is 5.75 Å². The van der Waals surface area contributed by atoms with E-state index in [0.29, 0.717) is 5.92 Å². The van der Waals surface area contributed by atoms with Crippen molar-refractivity contribution in [2.75, 3.05) is 0 Å². The van der Waals surface area contributed by atoms with E-state index in [1.165, 1.54) is 9.13 Å². The smallest absolute Gasteiger partial charge is 0.121 e. The van der Waals surface area contributed by atoms with Crippen molar-refractivity contribution in [2.45, 2.75) is 39.2 Å². The van der Waals surface area contributed by atoms with Crippen LogP contribution in [0.15, 0.2) is 30.9 Å². The molecular weight excluding hydrogens is 311 g/mol. The van der Waals surface area contributed by atoms with Gasteiger partial charge in [0.05, 0.1) is 0 Å². The molecule has 1 atom stereocenters. The lowest BCUT2D eigenvalue weighted by atomic mass is 10.0. The van der Waals surface area contributed by atoms with Crippen LogP contribution in [-0.2, 0) is 0 Å². The third-order valence-corrected chi connectivity index (χ3v) is 2.82. The molecule has 0 fully saturated rings. The van der Waals surface area contributed by atoms with Gasteiger partial charge in [-0.25, -0.2) is 0 Å². The molecule has 0 radical (unpaired) electrons.